The van der Waals surface area contributed by atoms with Crippen molar-refractivity contribution in [1.82, 2.24) is 5.32 Å². The molecule has 2 aliphatic carbocycles. The fourth-order valence-electron chi connectivity index (χ4n) is 4.01. The molecule has 2 N–H and O–H groups in total. The van der Waals surface area contributed by atoms with Crippen LogP contribution >= 0.6 is 0 Å². The normalized spacial score (nSPS) is 35.9. The number of hydrogen-bond donors (Lipinski definition) is 2. The molecular weight excluding hydrogens is 228 g/mol. The van der Waals surface area contributed by atoms with E-state index in [2.05, 4.69) is 26.5 Å². The van der Waals surface area contributed by atoms with Crippen molar-refractivity contribution in [2.24, 2.45) is 11.8 Å². The van der Waals surface area contributed by atoms with E-state index >= 15 is 0 Å². The lowest BCUT2D eigenvalue weighted by atomic mass is 9.94. The van der Waals surface area contributed by atoms with E-state index in [1.54, 1.807) is 13.8 Å². The van der Waals surface area contributed by atoms with Crippen LogP contribution in [0.4, 0.5) is 0 Å². The van der Waals surface area contributed by atoms with E-state index in [-0.39, 0.29) is 11.9 Å². The number of amides is 1. The Morgan fingerprint density at radius 3 is 2.33 bits per heavy atom. The molecule has 0 spiro atoms. The Balaban J connectivity index is 2.05. The molecule has 4 nitrogen and oxygen atoms in total. The van der Waals surface area contributed by atoms with Gasteiger partial charge >= 0.3 is 0 Å². The van der Waals surface area contributed by atoms with Gasteiger partial charge in [0.25, 0.3) is 5.91 Å². The Hall–Kier alpha value is -0.610. The number of hydrogen-bond acceptors (Lipinski definition) is 2. The molecule has 4 atom stereocenters. The van der Waals surface area contributed by atoms with Gasteiger partial charge in [-0.3, -0.25) is 4.79 Å². The highest BCUT2D eigenvalue weighted by Gasteiger charge is 2.54. The molecule has 2 fully saturated rings. The summed E-state index contributed by atoms with van der Waals surface area (Å²) in [5, 5.41) is 12.8. The van der Waals surface area contributed by atoms with E-state index in [9.17, 15) is 9.90 Å². The van der Waals surface area contributed by atoms with Crippen LogP contribution in [0.15, 0.2) is 0 Å². The maximum atomic E-state index is 11.9. The number of quaternary nitrogens is 1. The molecule has 0 saturated heterocycles. The summed E-state index contributed by atoms with van der Waals surface area (Å²) in [5.74, 6) is 1.06. The van der Waals surface area contributed by atoms with E-state index in [0.717, 1.165) is 16.8 Å². The van der Waals surface area contributed by atoms with Crippen LogP contribution in [-0.4, -0.2) is 54.3 Å². The maximum Gasteiger partial charge on any atom is 0.251 e. The molecule has 2 aliphatic rings. The number of carbonyl (C=O) groups excluding carboxylic acids is 1. The monoisotopic (exact) mass is 255 g/mol. The van der Waals surface area contributed by atoms with Gasteiger partial charge in [0.15, 0.2) is 0 Å². The number of aliphatic hydroxyl groups is 1. The minimum Gasteiger partial charge on any atom is -0.381 e. The predicted molar refractivity (Wildman–Crippen MR) is 70.9 cm³/mol. The van der Waals surface area contributed by atoms with Crippen LogP contribution < -0.4 is 5.32 Å². The van der Waals surface area contributed by atoms with Gasteiger partial charge in [-0.1, -0.05) is 0 Å². The number of nitrogens with zero attached hydrogens (tertiary/aromatic N) is 1. The molecule has 2 bridgehead atoms. The van der Waals surface area contributed by atoms with E-state index in [0.29, 0.717) is 12.0 Å². The first kappa shape index (κ1) is 13.8. The second-order valence-corrected chi connectivity index (χ2v) is 7.48. The highest BCUT2D eigenvalue weighted by atomic mass is 16.3. The fraction of sp³-hybridized carbons (Fsp3) is 0.929. The summed E-state index contributed by atoms with van der Waals surface area (Å²) in [4.78, 5) is 11.9. The number of rotatable bonds is 3. The van der Waals surface area contributed by atoms with E-state index in [1.807, 2.05) is 0 Å². The Morgan fingerprint density at radius 1 is 1.28 bits per heavy atom. The molecule has 0 heterocycles. The molecule has 104 valence electrons. The zero-order valence-corrected chi connectivity index (χ0v) is 12.2. The molecule has 0 aromatic rings. The largest absolute Gasteiger partial charge is 0.381 e. The van der Waals surface area contributed by atoms with Crippen molar-refractivity contribution in [2.75, 3.05) is 21.1 Å². The zero-order valence-electron chi connectivity index (χ0n) is 12.2. The molecule has 0 radical (unpaired) electrons. The van der Waals surface area contributed by atoms with Crippen molar-refractivity contribution < 1.29 is 14.4 Å². The lowest BCUT2D eigenvalue weighted by Gasteiger charge is -2.35. The Labute approximate surface area is 110 Å². The first-order valence-corrected chi connectivity index (χ1v) is 6.95. The van der Waals surface area contributed by atoms with Crippen molar-refractivity contribution in [3.63, 3.8) is 0 Å². The van der Waals surface area contributed by atoms with Gasteiger partial charge in [0.1, 0.15) is 5.60 Å². The van der Waals surface area contributed by atoms with Crippen LogP contribution in [0.1, 0.15) is 33.1 Å². The molecule has 4 heteroatoms. The second kappa shape index (κ2) is 4.20. The molecule has 0 aromatic heterocycles. The summed E-state index contributed by atoms with van der Waals surface area (Å²) >= 11 is 0. The average molecular weight is 255 g/mol. The third-order valence-corrected chi connectivity index (χ3v) is 4.63. The molecule has 1 amide bonds. The van der Waals surface area contributed by atoms with Gasteiger partial charge < -0.3 is 14.9 Å². The molecule has 4 unspecified atom stereocenters. The van der Waals surface area contributed by atoms with Crippen molar-refractivity contribution in [1.29, 1.82) is 0 Å². The first-order valence-electron chi connectivity index (χ1n) is 6.95. The standard InChI is InChI=1S/C14H26N2O2/c1-14(2,18)13(17)15-11-8-9-6-7-10(11)12(9)16(3,4)5/h9-12,18H,6-8H2,1-5H3/p+1. The van der Waals surface area contributed by atoms with Crippen LogP contribution in [0.5, 0.6) is 0 Å². The Morgan fingerprint density at radius 2 is 1.89 bits per heavy atom. The summed E-state index contributed by atoms with van der Waals surface area (Å²) in [6.45, 7) is 3.10. The quantitative estimate of drug-likeness (QED) is 0.731. The summed E-state index contributed by atoms with van der Waals surface area (Å²) in [6.07, 6.45) is 3.58. The summed E-state index contributed by atoms with van der Waals surface area (Å²) in [7, 11) is 6.74. The number of carbonyl (C=O) groups is 1. The van der Waals surface area contributed by atoms with Crippen LogP contribution in [-0.2, 0) is 4.79 Å². The second-order valence-electron chi connectivity index (χ2n) is 7.48. The number of fused-ring (bicyclic) bond motifs is 2. The maximum absolute atomic E-state index is 11.9. The van der Waals surface area contributed by atoms with Crippen LogP contribution in [0.3, 0.4) is 0 Å². The lowest BCUT2D eigenvalue weighted by molar-refractivity contribution is -0.900. The summed E-state index contributed by atoms with van der Waals surface area (Å²) in [5.41, 5.74) is -1.27. The van der Waals surface area contributed by atoms with E-state index in [1.165, 1.54) is 12.8 Å². The van der Waals surface area contributed by atoms with Crippen molar-refractivity contribution in [3.8, 4) is 0 Å². The van der Waals surface area contributed by atoms with E-state index < -0.39 is 5.60 Å². The van der Waals surface area contributed by atoms with Gasteiger partial charge in [-0.05, 0) is 33.1 Å². The third kappa shape index (κ3) is 2.41. The van der Waals surface area contributed by atoms with Crippen LogP contribution in [0, 0.1) is 11.8 Å². The third-order valence-electron chi connectivity index (χ3n) is 4.63. The summed E-state index contributed by atoms with van der Waals surface area (Å²) < 4.78 is 0.976. The van der Waals surface area contributed by atoms with Crippen LogP contribution in [0.2, 0.25) is 0 Å². The lowest BCUT2D eigenvalue weighted by Crippen LogP contribution is -2.52. The highest BCUT2D eigenvalue weighted by Crippen LogP contribution is 2.48. The Bertz CT molecular complexity index is 341. The molecule has 2 rings (SSSR count). The molecule has 0 aliphatic heterocycles. The summed E-state index contributed by atoms with van der Waals surface area (Å²) in [6, 6.07) is 0.905. The minimum absolute atomic E-state index is 0.236. The fourth-order valence-corrected chi connectivity index (χ4v) is 4.01. The van der Waals surface area contributed by atoms with Crippen molar-refractivity contribution >= 4 is 5.91 Å². The van der Waals surface area contributed by atoms with Gasteiger partial charge in [-0.15, -0.1) is 0 Å². The molecule has 18 heavy (non-hydrogen) atoms. The number of nitrogens with one attached hydrogen (secondary N) is 1. The van der Waals surface area contributed by atoms with Gasteiger partial charge in [-0.25, -0.2) is 0 Å². The first-order chi connectivity index (χ1) is 8.10. The van der Waals surface area contributed by atoms with Crippen molar-refractivity contribution in [2.45, 2.75) is 50.8 Å². The van der Waals surface area contributed by atoms with Gasteiger partial charge in [0.2, 0.25) is 0 Å². The van der Waals surface area contributed by atoms with Gasteiger partial charge in [0, 0.05) is 17.9 Å². The molecular formula is C14H27N2O2+. The minimum atomic E-state index is -1.27. The highest BCUT2D eigenvalue weighted by molar-refractivity contribution is 5.84. The topological polar surface area (TPSA) is 49.3 Å². The van der Waals surface area contributed by atoms with Gasteiger partial charge in [0.05, 0.1) is 27.2 Å². The Kier molecular flexibility index (Phi) is 3.23. The van der Waals surface area contributed by atoms with Crippen LogP contribution in [0.25, 0.3) is 0 Å². The predicted octanol–water partition coefficient (Wildman–Crippen LogP) is 0.747. The van der Waals surface area contributed by atoms with Gasteiger partial charge in [-0.2, -0.15) is 0 Å². The average Bonchev–Trinajstić information content (AvgIpc) is 2.71. The van der Waals surface area contributed by atoms with Crippen molar-refractivity contribution in [3.05, 3.63) is 0 Å². The van der Waals surface area contributed by atoms with E-state index in [4.69, 9.17) is 0 Å². The molecule has 2 saturated carbocycles. The smallest absolute Gasteiger partial charge is 0.251 e. The SMILES string of the molecule is CC(C)(O)C(=O)NC1CC2CCC1C2[N+](C)(C)C. The zero-order chi connectivity index (χ0) is 13.7. The molecule has 0 aromatic carbocycles.